The quantitative estimate of drug-likeness (QED) is 0.770. The highest BCUT2D eigenvalue weighted by atomic mass is 19.4. The Hall–Kier alpha value is -2.90. The molecular formula is C22H23F3N2O3. The molecule has 2 aliphatic rings. The van der Waals surface area contributed by atoms with E-state index in [4.69, 9.17) is 9.84 Å². The molecule has 2 heterocycles. The highest BCUT2D eigenvalue weighted by Gasteiger charge is 2.37. The van der Waals surface area contributed by atoms with Crippen molar-refractivity contribution in [3.05, 3.63) is 47.5 Å². The third-order valence-corrected chi connectivity index (χ3v) is 5.58. The molecule has 2 aromatic rings. The van der Waals surface area contributed by atoms with Gasteiger partial charge in [0.05, 0.1) is 23.7 Å². The van der Waals surface area contributed by atoms with Crippen molar-refractivity contribution in [3.8, 4) is 5.75 Å². The molecule has 160 valence electrons. The van der Waals surface area contributed by atoms with Crippen LogP contribution in [-0.4, -0.2) is 36.3 Å². The van der Waals surface area contributed by atoms with Crippen molar-refractivity contribution < 1.29 is 27.8 Å². The van der Waals surface area contributed by atoms with E-state index in [-0.39, 0.29) is 11.7 Å². The zero-order valence-electron chi connectivity index (χ0n) is 17.0. The molecule has 0 amide bonds. The Bertz CT molecular complexity index is 998. The molecule has 1 saturated heterocycles. The van der Waals surface area contributed by atoms with E-state index in [0.29, 0.717) is 25.3 Å². The van der Waals surface area contributed by atoms with Gasteiger partial charge in [-0.1, -0.05) is 6.07 Å². The van der Waals surface area contributed by atoms with Gasteiger partial charge < -0.3 is 19.6 Å². The number of alkyl halides is 3. The number of anilines is 3. The van der Waals surface area contributed by atoms with E-state index in [0.717, 1.165) is 29.1 Å². The summed E-state index contributed by atoms with van der Waals surface area (Å²) >= 11 is 0. The fraction of sp³-hybridized carbons (Fsp3) is 0.409. The second-order valence-electron chi connectivity index (χ2n) is 8.54. The van der Waals surface area contributed by atoms with E-state index in [1.807, 2.05) is 48.8 Å². The molecule has 0 bridgehead atoms. The lowest BCUT2D eigenvalue weighted by atomic mass is 9.97. The maximum absolute atomic E-state index is 13.2. The van der Waals surface area contributed by atoms with Crippen LogP contribution in [0.3, 0.4) is 0 Å². The van der Waals surface area contributed by atoms with E-state index in [1.54, 1.807) is 0 Å². The first kappa shape index (κ1) is 20.4. The molecule has 0 radical (unpaired) electrons. The summed E-state index contributed by atoms with van der Waals surface area (Å²) in [7, 11) is 0. The molecule has 1 fully saturated rings. The van der Waals surface area contributed by atoms with Gasteiger partial charge in [0.2, 0.25) is 0 Å². The Balaban J connectivity index is 1.71. The number of carboxylic acids is 1. The maximum atomic E-state index is 13.2. The smallest absolute Gasteiger partial charge is 0.416 e. The molecule has 0 unspecified atom stereocenters. The minimum absolute atomic E-state index is 0.193. The third-order valence-electron chi connectivity index (χ3n) is 5.58. The van der Waals surface area contributed by atoms with Crippen molar-refractivity contribution in [2.45, 2.75) is 32.5 Å². The lowest BCUT2D eigenvalue weighted by Crippen LogP contribution is -2.50. The summed E-state index contributed by atoms with van der Waals surface area (Å²) in [6.07, 6.45) is -4.44. The first-order valence-electron chi connectivity index (χ1n) is 9.71. The van der Waals surface area contributed by atoms with Crippen molar-refractivity contribution in [3.63, 3.8) is 0 Å². The number of carboxylic acid groups (broad SMARTS) is 1. The molecule has 0 aromatic heterocycles. The minimum Gasteiger partial charge on any atom is -0.484 e. The van der Waals surface area contributed by atoms with Crippen molar-refractivity contribution in [1.82, 2.24) is 0 Å². The van der Waals surface area contributed by atoms with Gasteiger partial charge in [-0.25, -0.2) is 0 Å². The number of carbonyl (C=O) groups is 1. The molecule has 2 aromatic carbocycles. The summed E-state index contributed by atoms with van der Waals surface area (Å²) in [5, 5.41) is 9.14. The fourth-order valence-electron chi connectivity index (χ4n) is 3.96. The van der Waals surface area contributed by atoms with Gasteiger partial charge in [-0.2, -0.15) is 13.2 Å². The van der Waals surface area contributed by atoms with Crippen molar-refractivity contribution in [2.24, 2.45) is 5.92 Å². The van der Waals surface area contributed by atoms with Gasteiger partial charge in [0.25, 0.3) is 0 Å². The number of nitrogens with zero attached hydrogens (tertiary/aromatic N) is 2. The van der Waals surface area contributed by atoms with Gasteiger partial charge in [0, 0.05) is 24.5 Å². The Morgan fingerprint density at radius 3 is 2.47 bits per heavy atom. The van der Waals surface area contributed by atoms with E-state index < -0.39 is 23.3 Å². The lowest BCUT2D eigenvalue weighted by molar-refractivity contribution is -0.142. The summed E-state index contributed by atoms with van der Waals surface area (Å²) < 4.78 is 45.4. The number of benzene rings is 2. The Labute approximate surface area is 172 Å². The van der Waals surface area contributed by atoms with Crippen LogP contribution in [0.4, 0.5) is 30.2 Å². The Morgan fingerprint density at radius 1 is 1.13 bits per heavy atom. The predicted octanol–water partition coefficient (Wildman–Crippen LogP) is 4.84. The zero-order valence-corrected chi connectivity index (χ0v) is 17.0. The van der Waals surface area contributed by atoms with Crippen LogP contribution < -0.4 is 14.5 Å². The average Bonchev–Trinajstić information content (AvgIpc) is 2.59. The highest BCUT2D eigenvalue weighted by Crippen LogP contribution is 2.45. The van der Waals surface area contributed by atoms with Crippen molar-refractivity contribution in [2.75, 3.05) is 29.4 Å². The number of hydrogen-bond acceptors (Lipinski definition) is 4. The molecule has 0 saturated carbocycles. The summed E-state index contributed by atoms with van der Waals surface area (Å²) in [6.45, 7) is 6.99. The summed E-state index contributed by atoms with van der Waals surface area (Å²) in [6, 6.07) is 9.40. The second-order valence-corrected chi connectivity index (χ2v) is 8.54. The molecule has 0 atom stereocenters. The van der Waals surface area contributed by atoms with Gasteiger partial charge in [-0.3, -0.25) is 4.79 Å². The highest BCUT2D eigenvalue weighted by molar-refractivity contribution is 5.78. The van der Waals surface area contributed by atoms with Crippen LogP contribution in [0.15, 0.2) is 36.4 Å². The molecular weight excluding hydrogens is 397 g/mol. The Morgan fingerprint density at radius 2 is 1.83 bits per heavy atom. The summed E-state index contributed by atoms with van der Waals surface area (Å²) in [4.78, 5) is 15.1. The van der Waals surface area contributed by atoms with Gasteiger partial charge >= 0.3 is 12.1 Å². The van der Waals surface area contributed by atoms with E-state index in [2.05, 4.69) is 0 Å². The number of aliphatic carboxylic acids is 1. The SMILES string of the molecule is Cc1ccc(N2CC(C)(C)Oc3cc(C(F)(F)F)ccc32)cc1N1CC(C(=O)O)C1. The largest absolute Gasteiger partial charge is 0.484 e. The molecule has 4 rings (SSSR count). The van der Waals surface area contributed by atoms with Gasteiger partial charge in [-0.15, -0.1) is 0 Å². The number of fused-ring (bicyclic) bond motifs is 1. The average molecular weight is 420 g/mol. The molecule has 30 heavy (non-hydrogen) atoms. The first-order chi connectivity index (χ1) is 13.9. The van der Waals surface area contributed by atoms with Crippen molar-refractivity contribution in [1.29, 1.82) is 0 Å². The minimum atomic E-state index is -4.44. The number of hydrogen-bond donors (Lipinski definition) is 1. The second kappa shape index (κ2) is 6.82. The normalized spacial score (nSPS) is 18.5. The number of aryl methyl sites for hydroxylation is 1. The number of ether oxygens (including phenoxy) is 1. The predicted molar refractivity (Wildman–Crippen MR) is 108 cm³/mol. The zero-order chi connectivity index (χ0) is 21.8. The monoisotopic (exact) mass is 420 g/mol. The fourth-order valence-corrected chi connectivity index (χ4v) is 3.96. The van der Waals surface area contributed by atoms with Gasteiger partial charge in [0.1, 0.15) is 11.4 Å². The Kier molecular flexibility index (Phi) is 4.63. The van der Waals surface area contributed by atoms with Crippen LogP contribution in [0.5, 0.6) is 5.75 Å². The third kappa shape index (κ3) is 3.66. The number of rotatable bonds is 3. The lowest BCUT2D eigenvalue weighted by Gasteiger charge is -2.42. The van der Waals surface area contributed by atoms with Crippen LogP contribution >= 0.6 is 0 Å². The molecule has 0 aliphatic carbocycles. The van der Waals surface area contributed by atoms with Crippen molar-refractivity contribution >= 4 is 23.0 Å². The van der Waals surface area contributed by atoms with E-state index >= 15 is 0 Å². The maximum Gasteiger partial charge on any atom is 0.416 e. The standard InChI is InChI=1S/C22H23F3N2O3/c1-13-4-6-16(9-18(13)26-10-14(11-26)20(28)29)27-12-21(2,3)30-19-8-15(22(23,24)25)5-7-17(19)27/h4-9,14H,10-12H2,1-3H3,(H,28,29). The molecule has 5 nitrogen and oxygen atoms in total. The summed E-state index contributed by atoms with van der Waals surface area (Å²) in [5.74, 6) is -0.987. The summed E-state index contributed by atoms with van der Waals surface area (Å²) in [5.41, 5.74) is 1.91. The first-order valence-corrected chi connectivity index (χ1v) is 9.71. The van der Waals surface area contributed by atoms with E-state index in [9.17, 15) is 18.0 Å². The van der Waals surface area contributed by atoms with Crippen LogP contribution in [0, 0.1) is 12.8 Å². The topological polar surface area (TPSA) is 53.0 Å². The molecule has 2 aliphatic heterocycles. The van der Waals surface area contributed by atoms with Crippen LogP contribution in [-0.2, 0) is 11.0 Å². The number of halogens is 3. The molecule has 8 heteroatoms. The van der Waals surface area contributed by atoms with Crippen LogP contribution in [0.25, 0.3) is 0 Å². The van der Waals surface area contributed by atoms with E-state index in [1.165, 1.54) is 6.07 Å². The molecule has 0 spiro atoms. The van der Waals surface area contributed by atoms with Crippen LogP contribution in [0.1, 0.15) is 25.0 Å². The van der Waals surface area contributed by atoms with Gasteiger partial charge in [-0.05, 0) is 56.7 Å². The van der Waals surface area contributed by atoms with Gasteiger partial charge in [0.15, 0.2) is 0 Å². The van der Waals surface area contributed by atoms with Crippen LogP contribution in [0.2, 0.25) is 0 Å². The molecule has 1 N–H and O–H groups in total.